The Morgan fingerprint density at radius 2 is 1.96 bits per heavy atom. The summed E-state index contributed by atoms with van der Waals surface area (Å²) >= 11 is 1.66. The van der Waals surface area contributed by atoms with E-state index in [-0.39, 0.29) is 11.9 Å². The second kappa shape index (κ2) is 7.40. The van der Waals surface area contributed by atoms with Crippen LogP contribution in [0.5, 0.6) is 0 Å². The second-order valence-corrected chi connectivity index (χ2v) is 6.54. The smallest absolute Gasteiger partial charge is 0.337 e. The zero-order valence-electron chi connectivity index (χ0n) is 13.4. The highest BCUT2D eigenvalue weighted by atomic mass is 32.1. The first kappa shape index (κ1) is 16.4. The summed E-state index contributed by atoms with van der Waals surface area (Å²) in [5.41, 5.74) is 5.77. The van der Waals surface area contributed by atoms with Gasteiger partial charge in [-0.1, -0.05) is 12.1 Å². The van der Waals surface area contributed by atoms with Gasteiger partial charge in [0.05, 0.1) is 24.5 Å². The van der Waals surface area contributed by atoms with Crippen molar-refractivity contribution in [3.05, 3.63) is 56.8 Å². The van der Waals surface area contributed by atoms with Gasteiger partial charge in [0.25, 0.3) is 5.91 Å². The van der Waals surface area contributed by atoms with Gasteiger partial charge in [0.2, 0.25) is 0 Å². The Hall–Kier alpha value is -2.47. The molecule has 1 aliphatic rings. The van der Waals surface area contributed by atoms with Gasteiger partial charge in [-0.05, 0) is 48.9 Å². The topological polar surface area (TPSA) is 67.8 Å². The predicted octanol–water partition coefficient (Wildman–Crippen LogP) is 3.18. The highest BCUT2D eigenvalue weighted by Gasteiger charge is 2.19. The normalized spacial score (nSPS) is 13.5. The third-order valence-electron chi connectivity index (χ3n) is 4.02. The Morgan fingerprint density at radius 1 is 1.21 bits per heavy atom. The van der Waals surface area contributed by atoms with Crippen LogP contribution in [0, 0.1) is 0 Å². The van der Waals surface area contributed by atoms with Gasteiger partial charge < -0.3 is 4.74 Å². The molecule has 6 heteroatoms. The number of benzene rings is 1. The lowest BCUT2D eigenvalue weighted by atomic mass is 9.96. The molecule has 0 aliphatic heterocycles. The summed E-state index contributed by atoms with van der Waals surface area (Å²) in [5, 5.41) is 5.93. The molecule has 0 bridgehead atoms. The van der Waals surface area contributed by atoms with Crippen molar-refractivity contribution in [1.29, 1.82) is 0 Å². The Kier molecular flexibility index (Phi) is 5.05. The van der Waals surface area contributed by atoms with Crippen LogP contribution in [-0.2, 0) is 17.6 Å². The number of esters is 1. The zero-order valence-corrected chi connectivity index (χ0v) is 14.2. The minimum atomic E-state index is -0.381. The molecule has 0 saturated carbocycles. The molecule has 5 nitrogen and oxygen atoms in total. The van der Waals surface area contributed by atoms with Gasteiger partial charge in [0, 0.05) is 10.3 Å². The molecule has 1 aromatic carbocycles. The lowest BCUT2D eigenvalue weighted by Gasteiger charge is -2.11. The van der Waals surface area contributed by atoms with E-state index in [1.54, 1.807) is 41.8 Å². The fourth-order valence-corrected chi connectivity index (χ4v) is 3.86. The van der Waals surface area contributed by atoms with E-state index in [2.05, 4.69) is 15.3 Å². The first-order valence-corrected chi connectivity index (χ1v) is 8.68. The monoisotopic (exact) mass is 342 g/mol. The van der Waals surface area contributed by atoms with Crippen LogP contribution in [0.25, 0.3) is 0 Å². The standard InChI is InChI=1S/C18H18N2O3S/c1-23-18(22)13-8-6-12(7-9-13)10-19-20-17(21)15-11-24-16-5-3-2-4-14(15)16/h6-11H,2-5H2,1H3,(H,20,21)/b19-10+. The van der Waals surface area contributed by atoms with E-state index in [1.807, 2.05) is 5.38 Å². The third kappa shape index (κ3) is 3.54. The quantitative estimate of drug-likeness (QED) is 0.527. The number of aryl methyl sites for hydroxylation is 1. The van der Waals surface area contributed by atoms with E-state index in [9.17, 15) is 9.59 Å². The molecule has 0 saturated heterocycles. The Labute approximate surface area is 144 Å². The molecular weight excluding hydrogens is 324 g/mol. The van der Waals surface area contributed by atoms with E-state index < -0.39 is 0 Å². The van der Waals surface area contributed by atoms with Gasteiger partial charge in [-0.15, -0.1) is 11.3 Å². The van der Waals surface area contributed by atoms with Crippen LogP contribution in [0.15, 0.2) is 34.7 Å². The van der Waals surface area contributed by atoms with Crippen molar-refractivity contribution < 1.29 is 14.3 Å². The van der Waals surface area contributed by atoms with Crippen LogP contribution in [0.1, 0.15) is 49.6 Å². The number of methoxy groups -OCH3 is 1. The maximum Gasteiger partial charge on any atom is 0.337 e. The summed E-state index contributed by atoms with van der Waals surface area (Å²) in [6.07, 6.45) is 5.94. The number of hydrogen-bond acceptors (Lipinski definition) is 5. The fraction of sp³-hybridized carbons (Fsp3) is 0.278. The number of thiophene rings is 1. The summed E-state index contributed by atoms with van der Waals surface area (Å²) < 4.78 is 4.65. The summed E-state index contributed by atoms with van der Waals surface area (Å²) in [6, 6.07) is 6.80. The van der Waals surface area contributed by atoms with E-state index in [0.717, 1.165) is 30.4 Å². The Balaban J connectivity index is 1.63. The third-order valence-corrected chi connectivity index (χ3v) is 5.11. The van der Waals surface area contributed by atoms with Gasteiger partial charge in [-0.3, -0.25) is 4.79 Å². The van der Waals surface area contributed by atoms with Gasteiger partial charge in [0.15, 0.2) is 0 Å². The van der Waals surface area contributed by atoms with E-state index >= 15 is 0 Å². The Bertz CT molecular complexity index is 778. The summed E-state index contributed by atoms with van der Waals surface area (Å²) in [7, 11) is 1.34. The first-order valence-electron chi connectivity index (χ1n) is 7.80. The molecule has 1 amide bonds. The van der Waals surface area contributed by atoms with Crippen molar-refractivity contribution in [2.24, 2.45) is 5.10 Å². The molecule has 0 radical (unpaired) electrons. The summed E-state index contributed by atoms with van der Waals surface area (Å²) in [5.74, 6) is -0.550. The van der Waals surface area contributed by atoms with E-state index in [0.29, 0.717) is 5.56 Å². The number of hydrogen-bond donors (Lipinski definition) is 1. The van der Waals surface area contributed by atoms with Crippen LogP contribution < -0.4 is 5.43 Å². The number of fused-ring (bicyclic) bond motifs is 1. The van der Waals surface area contributed by atoms with Gasteiger partial charge >= 0.3 is 5.97 Å². The minimum absolute atomic E-state index is 0.170. The molecule has 2 aromatic rings. The van der Waals surface area contributed by atoms with Crippen molar-refractivity contribution in [2.45, 2.75) is 25.7 Å². The van der Waals surface area contributed by atoms with Crippen molar-refractivity contribution in [3.63, 3.8) is 0 Å². The Morgan fingerprint density at radius 3 is 2.71 bits per heavy atom. The van der Waals surface area contributed by atoms with E-state index in [4.69, 9.17) is 0 Å². The van der Waals surface area contributed by atoms with Crippen LogP contribution in [0.2, 0.25) is 0 Å². The lowest BCUT2D eigenvalue weighted by molar-refractivity contribution is 0.0600. The molecule has 1 N–H and O–H groups in total. The number of ether oxygens (including phenoxy) is 1. The van der Waals surface area contributed by atoms with Crippen LogP contribution in [0.4, 0.5) is 0 Å². The lowest BCUT2D eigenvalue weighted by Crippen LogP contribution is -2.19. The number of amides is 1. The van der Waals surface area contributed by atoms with Crippen molar-refractivity contribution in [1.82, 2.24) is 5.43 Å². The number of nitrogens with one attached hydrogen (secondary N) is 1. The molecule has 0 fully saturated rings. The highest BCUT2D eigenvalue weighted by molar-refractivity contribution is 7.10. The summed E-state index contributed by atoms with van der Waals surface area (Å²) in [4.78, 5) is 25.0. The average Bonchev–Trinajstić information content (AvgIpc) is 3.06. The number of carbonyl (C=O) groups excluding carboxylic acids is 2. The molecule has 1 aliphatic carbocycles. The van der Waals surface area contributed by atoms with Crippen LogP contribution in [0.3, 0.4) is 0 Å². The molecule has 1 heterocycles. The fourth-order valence-electron chi connectivity index (χ4n) is 2.73. The van der Waals surface area contributed by atoms with Crippen molar-refractivity contribution >= 4 is 29.4 Å². The molecular formula is C18H18N2O3S. The minimum Gasteiger partial charge on any atom is -0.465 e. The molecule has 0 spiro atoms. The molecule has 3 rings (SSSR count). The van der Waals surface area contributed by atoms with Crippen LogP contribution >= 0.6 is 11.3 Å². The predicted molar refractivity (Wildman–Crippen MR) is 93.8 cm³/mol. The maximum absolute atomic E-state index is 12.3. The number of hydrazone groups is 1. The maximum atomic E-state index is 12.3. The number of carbonyl (C=O) groups is 2. The number of rotatable bonds is 4. The largest absolute Gasteiger partial charge is 0.465 e. The van der Waals surface area contributed by atoms with Gasteiger partial charge in [-0.2, -0.15) is 5.10 Å². The van der Waals surface area contributed by atoms with Gasteiger partial charge in [0.1, 0.15) is 0 Å². The molecule has 124 valence electrons. The molecule has 24 heavy (non-hydrogen) atoms. The van der Waals surface area contributed by atoms with Crippen LogP contribution in [-0.4, -0.2) is 25.2 Å². The first-order chi connectivity index (χ1) is 11.7. The number of nitrogens with zero attached hydrogens (tertiary/aromatic N) is 1. The van der Waals surface area contributed by atoms with E-state index in [1.165, 1.54) is 24.0 Å². The molecule has 1 aromatic heterocycles. The van der Waals surface area contributed by atoms with Crippen molar-refractivity contribution in [3.8, 4) is 0 Å². The zero-order chi connectivity index (χ0) is 16.9. The second-order valence-electron chi connectivity index (χ2n) is 5.57. The van der Waals surface area contributed by atoms with Gasteiger partial charge in [-0.25, -0.2) is 10.2 Å². The molecule has 0 unspecified atom stereocenters. The average molecular weight is 342 g/mol. The van der Waals surface area contributed by atoms with Crippen molar-refractivity contribution in [2.75, 3.05) is 7.11 Å². The molecule has 0 atom stereocenters. The summed E-state index contributed by atoms with van der Waals surface area (Å²) in [6.45, 7) is 0. The highest BCUT2D eigenvalue weighted by Crippen LogP contribution is 2.30. The SMILES string of the molecule is COC(=O)c1ccc(/C=N/NC(=O)c2csc3c2CCCC3)cc1.